The van der Waals surface area contributed by atoms with Gasteiger partial charge in [-0.3, -0.25) is 9.20 Å². The number of nitrogens with zero attached hydrogens (tertiary/aromatic N) is 2. The van der Waals surface area contributed by atoms with Gasteiger partial charge in [-0.15, -0.1) is 0 Å². The van der Waals surface area contributed by atoms with Crippen LogP contribution in [0.15, 0.2) is 175 Å². The Labute approximate surface area is 286 Å². The van der Waals surface area contributed by atoms with Crippen molar-refractivity contribution in [3.05, 3.63) is 180 Å². The molecule has 0 aliphatic heterocycles. The molecule has 0 amide bonds. The summed E-state index contributed by atoms with van der Waals surface area (Å²) in [5, 5.41) is 9.86. The highest BCUT2D eigenvalue weighted by atomic mass is 16.1. The number of pyridine rings is 1. The molecule has 3 heteroatoms. The van der Waals surface area contributed by atoms with E-state index in [-0.39, 0.29) is 5.56 Å². The van der Waals surface area contributed by atoms with Crippen molar-refractivity contribution in [2.45, 2.75) is 0 Å². The van der Waals surface area contributed by atoms with Crippen LogP contribution in [0.4, 0.5) is 0 Å². The summed E-state index contributed by atoms with van der Waals surface area (Å²) in [7, 11) is 0. The molecule has 0 N–H and O–H groups in total. The molecule has 3 aromatic heterocycles. The molecule has 8 aromatic carbocycles. The van der Waals surface area contributed by atoms with Crippen molar-refractivity contribution in [2.24, 2.45) is 0 Å². The van der Waals surface area contributed by atoms with E-state index in [0.29, 0.717) is 0 Å². The molecule has 0 bridgehead atoms. The zero-order chi connectivity index (χ0) is 32.9. The van der Waals surface area contributed by atoms with Crippen LogP contribution < -0.4 is 5.56 Å². The molecule has 0 aliphatic rings. The smallest absolute Gasteiger partial charge is 0.263 e. The van der Waals surface area contributed by atoms with Gasteiger partial charge in [-0.1, -0.05) is 121 Å². The van der Waals surface area contributed by atoms with Gasteiger partial charge in [-0.25, -0.2) is 0 Å². The number of benzene rings is 8. The lowest BCUT2D eigenvalue weighted by Crippen LogP contribution is -2.12. The Morgan fingerprint density at radius 1 is 0.340 bits per heavy atom. The van der Waals surface area contributed by atoms with Gasteiger partial charge < -0.3 is 4.57 Å². The van der Waals surface area contributed by atoms with Crippen molar-refractivity contribution < 1.29 is 0 Å². The molecule has 232 valence electrons. The van der Waals surface area contributed by atoms with Gasteiger partial charge in [0.1, 0.15) is 0 Å². The van der Waals surface area contributed by atoms with Crippen LogP contribution in [0.3, 0.4) is 0 Å². The second-order valence-electron chi connectivity index (χ2n) is 13.3. The molecule has 0 aliphatic carbocycles. The van der Waals surface area contributed by atoms with Crippen molar-refractivity contribution in [3.63, 3.8) is 0 Å². The Kier molecular flexibility index (Phi) is 5.53. The largest absolute Gasteiger partial charge is 0.309 e. The molecule has 0 saturated carbocycles. The van der Waals surface area contributed by atoms with Crippen molar-refractivity contribution >= 4 is 70.5 Å². The summed E-state index contributed by atoms with van der Waals surface area (Å²) in [6, 6.07) is 60.2. The van der Waals surface area contributed by atoms with Gasteiger partial charge in [0.25, 0.3) is 5.56 Å². The second kappa shape index (κ2) is 10.1. The minimum absolute atomic E-state index is 0.0189. The number of aromatic nitrogens is 2. The molecule has 3 nitrogen and oxygen atoms in total. The standard InChI is InChI=1S/C47H28N2O/c50-47-39-23-21-30(29-11-2-1-3-12-29)26-40(39)37-17-10-18-38-41-27-31(22-24-44(41)49(47)46(37)38)33-25-32-13-4-5-14-34(32)45(28-33)48-42-19-8-6-15-35(42)36-16-7-9-20-43(36)48/h1-28H. The second-order valence-corrected chi connectivity index (χ2v) is 13.3. The Bertz CT molecular complexity index is 3170. The van der Waals surface area contributed by atoms with Gasteiger partial charge in [0.05, 0.1) is 27.8 Å². The van der Waals surface area contributed by atoms with E-state index in [0.717, 1.165) is 65.9 Å². The zero-order valence-electron chi connectivity index (χ0n) is 27.0. The van der Waals surface area contributed by atoms with Crippen LogP contribution in [-0.2, 0) is 0 Å². The van der Waals surface area contributed by atoms with E-state index in [9.17, 15) is 4.79 Å². The lowest BCUT2D eigenvalue weighted by molar-refractivity contribution is 1.20. The molecule has 0 atom stereocenters. The number of hydrogen-bond acceptors (Lipinski definition) is 1. The normalized spacial score (nSPS) is 12.1. The highest BCUT2D eigenvalue weighted by Crippen LogP contribution is 2.40. The van der Waals surface area contributed by atoms with Gasteiger partial charge in [-0.2, -0.15) is 0 Å². The number of fused-ring (bicyclic) bond motifs is 9. The average molecular weight is 637 g/mol. The zero-order valence-corrected chi connectivity index (χ0v) is 27.0. The van der Waals surface area contributed by atoms with E-state index < -0.39 is 0 Å². The van der Waals surface area contributed by atoms with E-state index >= 15 is 0 Å². The fourth-order valence-corrected chi connectivity index (χ4v) is 8.39. The Morgan fingerprint density at radius 2 is 0.940 bits per heavy atom. The maximum atomic E-state index is 14.3. The van der Waals surface area contributed by atoms with Crippen LogP contribution >= 0.6 is 0 Å². The maximum Gasteiger partial charge on any atom is 0.263 e. The molecular weight excluding hydrogens is 609 g/mol. The predicted octanol–water partition coefficient (Wildman–Crippen LogP) is 11.8. The molecule has 11 aromatic rings. The topological polar surface area (TPSA) is 26.4 Å². The first-order valence-electron chi connectivity index (χ1n) is 17.1. The SMILES string of the molecule is O=c1c2ccc(-c3ccccc3)cc2c2cccc3c4cc(-c5cc(-n6c7ccccc7c7ccccc76)c6ccccc6c5)ccc4n1c23. The van der Waals surface area contributed by atoms with Crippen LogP contribution in [-0.4, -0.2) is 8.97 Å². The summed E-state index contributed by atoms with van der Waals surface area (Å²) in [6.07, 6.45) is 0. The Balaban J connectivity index is 1.18. The molecule has 0 spiro atoms. The van der Waals surface area contributed by atoms with Gasteiger partial charge in [-0.05, 0) is 81.6 Å². The van der Waals surface area contributed by atoms with Crippen LogP contribution in [0.25, 0.3) is 98.5 Å². The summed E-state index contributed by atoms with van der Waals surface area (Å²) >= 11 is 0. The minimum Gasteiger partial charge on any atom is -0.309 e. The molecule has 0 unspecified atom stereocenters. The average Bonchev–Trinajstić information content (AvgIpc) is 3.70. The third-order valence-corrected chi connectivity index (χ3v) is 10.6. The Hall–Kier alpha value is -6.71. The molecule has 11 rings (SSSR count). The van der Waals surface area contributed by atoms with Crippen molar-refractivity contribution in [3.8, 4) is 27.9 Å². The summed E-state index contributed by atoms with van der Waals surface area (Å²) in [5.41, 5.74) is 9.96. The van der Waals surface area contributed by atoms with Crippen LogP contribution in [0, 0.1) is 0 Å². The van der Waals surface area contributed by atoms with Crippen molar-refractivity contribution in [1.29, 1.82) is 0 Å². The quantitative estimate of drug-likeness (QED) is 0.177. The van der Waals surface area contributed by atoms with E-state index in [1.807, 2.05) is 16.5 Å². The van der Waals surface area contributed by atoms with Gasteiger partial charge in [0.2, 0.25) is 0 Å². The fraction of sp³-hybridized carbons (Fsp3) is 0. The van der Waals surface area contributed by atoms with Crippen LogP contribution in [0.2, 0.25) is 0 Å². The number of hydrogen-bond donors (Lipinski definition) is 0. The molecule has 0 fully saturated rings. The molecule has 0 radical (unpaired) electrons. The number of para-hydroxylation sites is 3. The summed E-state index contributed by atoms with van der Waals surface area (Å²) in [6.45, 7) is 0. The Morgan fingerprint density at radius 3 is 1.72 bits per heavy atom. The maximum absolute atomic E-state index is 14.3. The first kappa shape index (κ1) is 27.3. The van der Waals surface area contributed by atoms with Gasteiger partial charge >= 0.3 is 0 Å². The fourth-order valence-electron chi connectivity index (χ4n) is 8.39. The molecule has 50 heavy (non-hydrogen) atoms. The summed E-state index contributed by atoms with van der Waals surface area (Å²) in [5.74, 6) is 0. The highest BCUT2D eigenvalue weighted by Gasteiger charge is 2.19. The monoisotopic (exact) mass is 636 g/mol. The molecule has 3 heterocycles. The minimum atomic E-state index is 0.0189. The first-order valence-corrected chi connectivity index (χ1v) is 17.1. The third kappa shape index (κ3) is 3.72. The van der Waals surface area contributed by atoms with Gasteiger partial charge in [0.15, 0.2) is 0 Å². The van der Waals surface area contributed by atoms with Crippen LogP contribution in [0.5, 0.6) is 0 Å². The van der Waals surface area contributed by atoms with Crippen LogP contribution in [0.1, 0.15) is 0 Å². The predicted molar refractivity (Wildman–Crippen MR) is 210 cm³/mol. The summed E-state index contributed by atoms with van der Waals surface area (Å²) in [4.78, 5) is 14.3. The lowest BCUT2D eigenvalue weighted by Gasteiger charge is -2.14. The van der Waals surface area contributed by atoms with E-state index in [2.05, 4.69) is 162 Å². The molecule has 0 saturated heterocycles. The summed E-state index contributed by atoms with van der Waals surface area (Å²) < 4.78 is 4.34. The lowest BCUT2D eigenvalue weighted by atomic mass is 9.97. The van der Waals surface area contributed by atoms with Crippen molar-refractivity contribution in [1.82, 2.24) is 8.97 Å². The van der Waals surface area contributed by atoms with Crippen molar-refractivity contribution in [2.75, 3.05) is 0 Å². The highest BCUT2D eigenvalue weighted by molar-refractivity contribution is 6.21. The molecular formula is C47H28N2O. The van der Waals surface area contributed by atoms with E-state index in [4.69, 9.17) is 0 Å². The third-order valence-electron chi connectivity index (χ3n) is 10.6. The van der Waals surface area contributed by atoms with E-state index in [1.54, 1.807) is 0 Å². The van der Waals surface area contributed by atoms with E-state index in [1.165, 1.54) is 32.6 Å². The first-order chi connectivity index (χ1) is 24.7. The number of rotatable bonds is 3. The van der Waals surface area contributed by atoms with Gasteiger partial charge in [0, 0.05) is 37.7 Å².